The molecule has 0 unspecified atom stereocenters. The molecule has 9 heteroatoms. The molecule has 0 atom stereocenters. The predicted octanol–water partition coefficient (Wildman–Crippen LogP) is 5.47. The van der Waals surface area contributed by atoms with E-state index in [-0.39, 0.29) is 0 Å². The van der Waals surface area contributed by atoms with E-state index in [0.717, 1.165) is 56.7 Å². The number of methoxy groups -OCH3 is 2. The Kier molecular flexibility index (Phi) is 7.67. The summed E-state index contributed by atoms with van der Waals surface area (Å²) >= 11 is 1.59. The summed E-state index contributed by atoms with van der Waals surface area (Å²) in [7, 11) is -0.0551. The minimum Gasteiger partial charge on any atom is -0.497 e. The van der Waals surface area contributed by atoms with Crippen LogP contribution in [0.4, 0.5) is 5.69 Å². The maximum absolute atomic E-state index is 11.7. The van der Waals surface area contributed by atoms with Crippen LogP contribution in [0.2, 0.25) is 0 Å². The lowest BCUT2D eigenvalue weighted by atomic mass is 10.0. The number of thioether (sulfide) groups is 1. The number of anilines is 1. The van der Waals surface area contributed by atoms with Crippen molar-refractivity contribution < 1.29 is 17.9 Å². The van der Waals surface area contributed by atoms with E-state index in [1.54, 1.807) is 32.0 Å². The van der Waals surface area contributed by atoms with Crippen molar-refractivity contribution in [3.63, 3.8) is 0 Å². The summed E-state index contributed by atoms with van der Waals surface area (Å²) in [5.41, 5.74) is 5.27. The summed E-state index contributed by atoms with van der Waals surface area (Å²) in [4.78, 5) is 8.36. The lowest BCUT2D eigenvalue weighted by Gasteiger charge is -2.10. The number of aryl methyl sites for hydroxylation is 1. The monoisotopic (exact) mass is 509 g/mol. The lowest BCUT2D eigenvalue weighted by Crippen LogP contribution is -2.11. The summed E-state index contributed by atoms with van der Waals surface area (Å²) in [6.07, 6.45) is 1.84. The number of imidazole rings is 1. The van der Waals surface area contributed by atoms with Gasteiger partial charge in [0.2, 0.25) is 10.0 Å². The maximum atomic E-state index is 11.7. The first-order chi connectivity index (χ1) is 16.9. The molecule has 0 aliphatic carbocycles. The summed E-state index contributed by atoms with van der Waals surface area (Å²) in [5, 5.41) is 0.787. The molecule has 0 spiro atoms. The molecule has 0 radical (unpaired) electrons. The molecule has 0 bridgehead atoms. The molecule has 0 saturated heterocycles. The van der Waals surface area contributed by atoms with Gasteiger partial charge in [0.25, 0.3) is 0 Å². The average Bonchev–Trinajstić information content (AvgIpc) is 3.28. The molecule has 182 valence electrons. The van der Waals surface area contributed by atoms with Crippen molar-refractivity contribution in [2.75, 3.05) is 31.0 Å². The topological polar surface area (TPSA) is 93.3 Å². The zero-order valence-electron chi connectivity index (χ0n) is 19.7. The van der Waals surface area contributed by atoms with Crippen LogP contribution in [0, 0.1) is 0 Å². The number of nitrogens with zero attached hydrogens (tertiary/aromatic N) is 1. The van der Waals surface area contributed by atoms with E-state index in [2.05, 4.69) is 9.71 Å². The number of H-pyrrole nitrogens is 1. The van der Waals surface area contributed by atoms with E-state index in [1.165, 1.54) is 0 Å². The van der Waals surface area contributed by atoms with Gasteiger partial charge in [0.15, 0.2) is 5.16 Å². The fourth-order valence-electron chi connectivity index (χ4n) is 3.64. The number of hydrogen-bond acceptors (Lipinski definition) is 6. The van der Waals surface area contributed by atoms with Crippen LogP contribution in [-0.4, -0.2) is 44.6 Å². The molecular formula is C26H27N3O4S2. The van der Waals surface area contributed by atoms with Gasteiger partial charge in [-0.15, -0.1) is 0 Å². The molecule has 4 aromatic rings. The molecule has 0 amide bonds. The molecular weight excluding hydrogens is 482 g/mol. The number of sulfonamides is 1. The molecule has 35 heavy (non-hydrogen) atoms. The van der Waals surface area contributed by atoms with Crippen LogP contribution < -0.4 is 14.2 Å². The van der Waals surface area contributed by atoms with Crippen LogP contribution in [0.25, 0.3) is 22.5 Å². The molecule has 2 N–H and O–H groups in total. The summed E-state index contributed by atoms with van der Waals surface area (Å²) in [5.74, 6) is 2.29. The fraction of sp³-hybridized carbons (Fsp3) is 0.192. The minimum atomic E-state index is -3.34. The predicted molar refractivity (Wildman–Crippen MR) is 142 cm³/mol. The molecule has 7 nitrogen and oxygen atoms in total. The van der Waals surface area contributed by atoms with Crippen molar-refractivity contribution in [3.8, 4) is 34.0 Å². The van der Waals surface area contributed by atoms with Gasteiger partial charge in [-0.25, -0.2) is 13.4 Å². The molecule has 4 rings (SSSR count). The number of para-hydroxylation sites is 1. The first-order valence-electron chi connectivity index (χ1n) is 10.9. The van der Waals surface area contributed by atoms with Gasteiger partial charge >= 0.3 is 0 Å². The number of aromatic amines is 1. The second kappa shape index (κ2) is 10.9. The Morgan fingerprint density at radius 2 is 1.49 bits per heavy atom. The summed E-state index contributed by atoms with van der Waals surface area (Å²) < 4.78 is 36.6. The van der Waals surface area contributed by atoms with Gasteiger partial charge in [0.05, 0.1) is 37.6 Å². The second-order valence-corrected chi connectivity index (χ2v) is 10.7. The Morgan fingerprint density at radius 3 is 2.09 bits per heavy atom. The highest BCUT2D eigenvalue weighted by Crippen LogP contribution is 2.34. The Morgan fingerprint density at radius 1 is 0.886 bits per heavy atom. The van der Waals surface area contributed by atoms with Gasteiger partial charge in [0.1, 0.15) is 11.5 Å². The molecule has 0 aliphatic rings. The lowest BCUT2D eigenvalue weighted by molar-refractivity contribution is 0.414. The molecule has 1 aromatic heterocycles. The molecule has 1 heterocycles. The second-order valence-electron chi connectivity index (χ2n) is 7.85. The van der Waals surface area contributed by atoms with E-state index in [0.29, 0.717) is 12.1 Å². The van der Waals surface area contributed by atoms with Crippen molar-refractivity contribution in [1.82, 2.24) is 9.97 Å². The minimum absolute atomic E-state index is 0.605. The first-order valence-corrected chi connectivity index (χ1v) is 13.8. The Balaban J connectivity index is 1.58. The molecule has 0 aliphatic heterocycles. The van der Waals surface area contributed by atoms with E-state index in [4.69, 9.17) is 14.5 Å². The Bertz CT molecular complexity index is 1320. The van der Waals surface area contributed by atoms with Gasteiger partial charge in [-0.1, -0.05) is 30.0 Å². The van der Waals surface area contributed by atoms with Crippen LogP contribution in [0.5, 0.6) is 11.5 Å². The molecule has 3 aromatic carbocycles. The number of aromatic nitrogens is 2. The number of hydrogen-bond donors (Lipinski definition) is 2. The average molecular weight is 510 g/mol. The fourth-order valence-corrected chi connectivity index (χ4v) is 5.08. The van der Waals surface area contributed by atoms with E-state index in [1.807, 2.05) is 66.7 Å². The van der Waals surface area contributed by atoms with E-state index in [9.17, 15) is 8.42 Å². The summed E-state index contributed by atoms with van der Waals surface area (Å²) in [6.45, 7) is 0. The van der Waals surface area contributed by atoms with Crippen molar-refractivity contribution >= 4 is 27.5 Å². The van der Waals surface area contributed by atoms with Crippen molar-refractivity contribution in [2.24, 2.45) is 0 Å². The SMILES string of the molecule is COc1ccc(-c2nc(SCCc3ccccc3NS(C)(=O)=O)[nH]c2-c2ccc(OC)cc2)cc1. The Labute approximate surface area is 210 Å². The number of nitrogens with one attached hydrogen (secondary N) is 2. The van der Waals surface area contributed by atoms with Crippen LogP contribution >= 0.6 is 11.8 Å². The first kappa shape index (κ1) is 24.7. The third-order valence-electron chi connectivity index (χ3n) is 5.35. The third kappa shape index (κ3) is 6.37. The van der Waals surface area contributed by atoms with Crippen molar-refractivity contribution in [2.45, 2.75) is 11.6 Å². The summed E-state index contributed by atoms with van der Waals surface area (Å²) in [6, 6.07) is 23.1. The normalized spacial score (nSPS) is 11.3. The largest absolute Gasteiger partial charge is 0.497 e. The molecule has 0 fully saturated rings. The standard InChI is InChI=1S/C26H27N3O4S2/c1-32-21-12-8-19(9-13-21)24-25(20-10-14-22(33-2)15-11-20)28-26(27-24)34-17-16-18-6-4-5-7-23(18)29-35(3,30)31/h4-15,29H,16-17H2,1-3H3,(H,27,28). The highest BCUT2D eigenvalue weighted by atomic mass is 32.2. The number of benzene rings is 3. The van der Waals surface area contributed by atoms with Gasteiger partial charge < -0.3 is 14.5 Å². The maximum Gasteiger partial charge on any atom is 0.229 e. The smallest absolute Gasteiger partial charge is 0.229 e. The zero-order valence-corrected chi connectivity index (χ0v) is 21.4. The van der Waals surface area contributed by atoms with E-state index >= 15 is 0 Å². The van der Waals surface area contributed by atoms with Crippen LogP contribution in [-0.2, 0) is 16.4 Å². The van der Waals surface area contributed by atoms with Gasteiger partial charge in [0, 0.05) is 16.9 Å². The number of ether oxygens (including phenoxy) is 2. The van der Waals surface area contributed by atoms with Crippen LogP contribution in [0.15, 0.2) is 78.0 Å². The third-order valence-corrected chi connectivity index (χ3v) is 6.81. The quantitative estimate of drug-likeness (QED) is 0.276. The van der Waals surface area contributed by atoms with Crippen LogP contribution in [0.3, 0.4) is 0 Å². The van der Waals surface area contributed by atoms with Crippen LogP contribution in [0.1, 0.15) is 5.56 Å². The Hall–Kier alpha value is -3.43. The van der Waals surface area contributed by atoms with Gasteiger partial charge in [-0.2, -0.15) is 0 Å². The van der Waals surface area contributed by atoms with Gasteiger partial charge in [-0.3, -0.25) is 4.72 Å². The highest BCUT2D eigenvalue weighted by molar-refractivity contribution is 7.99. The number of rotatable bonds is 10. The van der Waals surface area contributed by atoms with Crippen molar-refractivity contribution in [1.29, 1.82) is 0 Å². The highest BCUT2D eigenvalue weighted by Gasteiger charge is 2.15. The van der Waals surface area contributed by atoms with Crippen molar-refractivity contribution in [3.05, 3.63) is 78.4 Å². The van der Waals surface area contributed by atoms with E-state index < -0.39 is 10.0 Å². The molecule has 0 saturated carbocycles. The van der Waals surface area contributed by atoms with Gasteiger partial charge in [-0.05, 0) is 66.6 Å². The zero-order chi connectivity index (χ0) is 24.8.